The standard InChI is InChI=1S/C28H30N4OS/c1-3-21(2)24-14-16-25(17-15-24)29-27(33)20-34-28-31-30-26(18-22-10-6-4-7-11-22)32(28)19-23-12-8-5-9-13-23/h4-17,21H,3,18-20H2,1-2H3,(H,29,33)/t21-/m0/s1. The van der Waals surface area contributed by atoms with Crippen molar-refractivity contribution in [3.05, 3.63) is 107 Å². The Bertz CT molecular complexity index is 1190. The number of thioether (sulfide) groups is 1. The summed E-state index contributed by atoms with van der Waals surface area (Å²) in [6.45, 7) is 5.05. The molecule has 0 spiro atoms. The minimum atomic E-state index is -0.0554. The van der Waals surface area contributed by atoms with Crippen LogP contribution in [0.4, 0.5) is 5.69 Å². The highest BCUT2D eigenvalue weighted by Crippen LogP contribution is 2.23. The van der Waals surface area contributed by atoms with Gasteiger partial charge in [0.05, 0.1) is 12.3 Å². The maximum absolute atomic E-state index is 12.6. The second-order valence-electron chi connectivity index (χ2n) is 8.40. The monoisotopic (exact) mass is 470 g/mol. The van der Waals surface area contributed by atoms with Gasteiger partial charge in [0, 0.05) is 12.1 Å². The number of hydrogen-bond acceptors (Lipinski definition) is 4. The normalized spacial score (nSPS) is 11.8. The number of amides is 1. The molecule has 0 aliphatic heterocycles. The summed E-state index contributed by atoms with van der Waals surface area (Å²) in [7, 11) is 0. The first-order valence-electron chi connectivity index (χ1n) is 11.6. The third kappa shape index (κ3) is 6.35. The van der Waals surface area contributed by atoms with Crippen LogP contribution in [-0.4, -0.2) is 26.4 Å². The van der Waals surface area contributed by atoms with E-state index < -0.39 is 0 Å². The van der Waals surface area contributed by atoms with Crippen LogP contribution in [0.2, 0.25) is 0 Å². The van der Waals surface area contributed by atoms with Crippen molar-refractivity contribution in [2.75, 3.05) is 11.1 Å². The Morgan fingerprint density at radius 1 is 0.912 bits per heavy atom. The molecular formula is C28H30N4OS. The van der Waals surface area contributed by atoms with Gasteiger partial charge in [-0.1, -0.05) is 98.4 Å². The van der Waals surface area contributed by atoms with Gasteiger partial charge in [-0.05, 0) is 41.2 Å². The molecule has 174 valence electrons. The molecule has 4 aromatic rings. The van der Waals surface area contributed by atoms with Crippen LogP contribution in [0.25, 0.3) is 0 Å². The summed E-state index contributed by atoms with van der Waals surface area (Å²) in [5.74, 6) is 1.62. The zero-order valence-electron chi connectivity index (χ0n) is 19.6. The van der Waals surface area contributed by atoms with Crippen LogP contribution in [-0.2, 0) is 17.8 Å². The molecule has 0 aliphatic rings. The van der Waals surface area contributed by atoms with Gasteiger partial charge in [0.1, 0.15) is 5.82 Å². The second-order valence-corrected chi connectivity index (χ2v) is 9.34. The summed E-state index contributed by atoms with van der Waals surface area (Å²) >= 11 is 1.41. The first-order valence-corrected chi connectivity index (χ1v) is 12.6. The molecule has 4 rings (SSSR count). The van der Waals surface area contributed by atoms with Gasteiger partial charge in [-0.15, -0.1) is 10.2 Å². The average molecular weight is 471 g/mol. The first-order chi connectivity index (χ1) is 16.6. The van der Waals surface area contributed by atoms with Gasteiger partial charge in [-0.3, -0.25) is 4.79 Å². The Kier molecular flexibility index (Phi) is 8.15. The summed E-state index contributed by atoms with van der Waals surface area (Å²) in [4.78, 5) is 12.6. The molecule has 1 heterocycles. The van der Waals surface area contributed by atoms with Crippen LogP contribution < -0.4 is 5.32 Å². The third-order valence-corrected chi connectivity index (χ3v) is 6.86. The van der Waals surface area contributed by atoms with E-state index in [1.807, 2.05) is 48.5 Å². The molecule has 1 aromatic heterocycles. The molecule has 0 aliphatic carbocycles. The average Bonchev–Trinajstić information content (AvgIpc) is 3.24. The number of carbonyl (C=O) groups excluding carboxylic acids is 1. The summed E-state index contributed by atoms with van der Waals surface area (Å²) in [5.41, 5.74) is 4.45. The van der Waals surface area contributed by atoms with E-state index in [1.54, 1.807) is 0 Å². The zero-order chi connectivity index (χ0) is 23.8. The molecule has 34 heavy (non-hydrogen) atoms. The van der Waals surface area contributed by atoms with Gasteiger partial charge in [0.2, 0.25) is 5.91 Å². The number of aromatic nitrogens is 3. The van der Waals surface area contributed by atoms with Crippen molar-refractivity contribution in [2.45, 2.75) is 44.3 Å². The van der Waals surface area contributed by atoms with E-state index in [0.29, 0.717) is 18.9 Å². The number of anilines is 1. The fourth-order valence-electron chi connectivity index (χ4n) is 3.72. The van der Waals surface area contributed by atoms with E-state index in [1.165, 1.54) is 28.5 Å². The van der Waals surface area contributed by atoms with Crippen molar-refractivity contribution in [1.29, 1.82) is 0 Å². The molecule has 0 saturated heterocycles. The predicted octanol–water partition coefficient (Wildman–Crippen LogP) is 6.16. The van der Waals surface area contributed by atoms with Gasteiger partial charge >= 0.3 is 0 Å². The molecule has 0 saturated carbocycles. The van der Waals surface area contributed by atoms with Gasteiger partial charge in [-0.25, -0.2) is 0 Å². The number of carbonyl (C=O) groups is 1. The molecule has 3 aromatic carbocycles. The molecule has 1 N–H and O–H groups in total. The summed E-state index contributed by atoms with van der Waals surface area (Å²) in [5, 5.41) is 12.6. The molecular weight excluding hydrogens is 440 g/mol. The van der Waals surface area contributed by atoms with Crippen LogP contribution in [0.3, 0.4) is 0 Å². The van der Waals surface area contributed by atoms with Crippen molar-refractivity contribution in [3.63, 3.8) is 0 Å². The Morgan fingerprint density at radius 2 is 1.56 bits per heavy atom. The first kappa shape index (κ1) is 23.8. The molecule has 0 bridgehead atoms. The Morgan fingerprint density at radius 3 is 2.21 bits per heavy atom. The topological polar surface area (TPSA) is 59.8 Å². The molecule has 5 nitrogen and oxygen atoms in total. The van der Waals surface area contributed by atoms with E-state index in [4.69, 9.17) is 0 Å². The van der Waals surface area contributed by atoms with Gasteiger partial charge < -0.3 is 9.88 Å². The van der Waals surface area contributed by atoms with Crippen LogP contribution in [0.1, 0.15) is 48.7 Å². The minimum Gasteiger partial charge on any atom is -0.325 e. The fraction of sp³-hybridized carbons (Fsp3) is 0.250. The lowest BCUT2D eigenvalue weighted by molar-refractivity contribution is -0.113. The Labute approximate surface area is 205 Å². The number of benzene rings is 3. The molecule has 0 radical (unpaired) electrons. The highest BCUT2D eigenvalue weighted by molar-refractivity contribution is 7.99. The van der Waals surface area contributed by atoms with Gasteiger partial charge in [0.15, 0.2) is 5.16 Å². The molecule has 1 amide bonds. The minimum absolute atomic E-state index is 0.0554. The Balaban J connectivity index is 1.44. The maximum Gasteiger partial charge on any atom is 0.234 e. The highest BCUT2D eigenvalue weighted by Gasteiger charge is 2.15. The largest absolute Gasteiger partial charge is 0.325 e. The van der Waals surface area contributed by atoms with Crippen LogP contribution in [0.5, 0.6) is 0 Å². The second kappa shape index (κ2) is 11.7. The SMILES string of the molecule is CC[C@H](C)c1ccc(NC(=O)CSc2nnc(Cc3ccccc3)n2Cc2ccccc2)cc1. The molecule has 6 heteroatoms. The molecule has 1 atom stereocenters. The van der Waals surface area contributed by atoms with E-state index in [9.17, 15) is 4.79 Å². The summed E-state index contributed by atoms with van der Waals surface area (Å²) in [6.07, 6.45) is 1.79. The third-order valence-electron chi connectivity index (χ3n) is 5.89. The lowest BCUT2D eigenvalue weighted by atomic mass is 9.99. The molecule has 0 fully saturated rings. The van der Waals surface area contributed by atoms with Crippen molar-refractivity contribution < 1.29 is 4.79 Å². The van der Waals surface area contributed by atoms with Crippen molar-refractivity contribution >= 4 is 23.4 Å². The Hall–Kier alpha value is -3.38. The van der Waals surface area contributed by atoms with Crippen molar-refractivity contribution in [2.24, 2.45) is 0 Å². The van der Waals surface area contributed by atoms with Gasteiger partial charge in [-0.2, -0.15) is 0 Å². The summed E-state index contributed by atoms with van der Waals surface area (Å²) in [6, 6.07) is 28.6. The fourth-order valence-corrected chi connectivity index (χ4v) is 4.47. The lowest BCUT2D eigenvalue weighted by Crippen LogP contribution is -2.15. The quantitative estimate of drug-likeness (QED) is 0.282. The van der Waals surface area contributed by atoms with Crippen LogP contribution >= 0.6 is 11.8 Å². The predicted molar refractivity (Wildman–Crippen MR) is 139 cm³/mol. The van der Waals surface area contributed by atoms with Crippen LogP contribution in [0, 0.1) is 0 Å². The van der Waals surface area contributed by atoms with E-state index in [2.05, 4.69) is 70.3 Å². The maximum atomic E-state index is 12.6. The van der Waals surface area contributed by atoms with E-state index in [-0.39, 0.29) is 11.7 Å². The van der Waals surface area contributed by atoms with Crippen molar-refractivity contribution in [1.82, 2.24) is 14.8 Å². The van der Waals surface area contributed by atoms with Crippen LogP contribution in [0.15, 0.2) is 90.1 Å². The van der Waals surface area contributed by atoms with Gasteiger partial charge in [0.25, 0.3) is 0 Å². The smallest absolute Gasteiger partial charge is 0.234 e. The number of rotatable bonds is 10. The van der Waals surface area contributed by atoms with E-state index in [0.717, 1.165) is 23.1 Å². The summed E-state index contributed by atoms with van der Waals surface area (Å²) < 4.78 is 2.11. The zero-order valence-corrected chi connectivity index (χ0v) is 20.5. The molecule has 0 unspecified atom stereocenters. The number of nitrogens with zero attached hydrogens (tertiary/aromatic N) is 3. The number of hydrogen-bond donors (Lipinski definition) is 1. The number of nitrogens with one attached hydrogen (secondary N) is 1. The highest BCUT2D eigenvalue weighted by atomic mass is 32.2. The lowest BCUT2D eigenvalue weighted by Gasteiger charge is -2.12. The van der Waals surface area contributed by atoms with E-state index >= 15 is 0 Å². The van der Waals surface area contributed by atoms with Crippen molar-refractivity contribution in [3.8, 4) is 0 Å².